The first-order valence-corrected chi connectivity index (χ1v) is 12.4. The van der Waals surface area contributed by atoms with Crippen molar-refractivity contribution in [3.63, 3.8) is 0 Å². The Kier molecular flexibility index (Phi) is 7.60. The van der Waals surface area contributed by atoms with Gasteiger partial charge in [0.1, 0.15) is 5.82 Å². The van der Waals surface area contributed by atoms with Crippen molar-refractivity contribution < 1.29 is 28.5 Å². The van der Waals surface area contributed by atoms with Gasteiger partial charge in [0.15, 0.2) is 17.3 Å². The van der Waals surface area contributed by atoms with E-state index in [4.69, 9.17) is 18.9 Å². The zero-order chi connectivity index (χ0) is 28.9. The zero-order valence-electron chi connectivity index (χ0n) is 22.7. The second-order valence-corrected chi connectivity index (χ2v) is 8.78. The van der Waals surface area contributed by atoms with Crippen LogP contribution in [0, 0.1) is 0 Å². The summed E-state index contributed by atoms with van der Waals surface area (Å²) in [5.41, 5.74) is 9.75. The number of nitrogens with one attached hydrogen (secondary N) is 3. The number of amides is 2. The van der Waals surface area contributed by atoms with Crippen LogP contribution in [0.25, 0.3) is 22.4 Å². The molecule has 0 saturated carbocycles. The zero-order valence-corrected chi connectivity index (χ0v) is 22.7. The molecule has 10 nitrogen and oxygen atoms in total. The molecule has 0 radical (unpaired) electrons. The molecule has 0 unspecified atom stereocenters. The Hall–Kier alpha value is -5.69. The van der Waals surface area contributed by atoms with Crippen molar-refractivity contribution in [2.45, 2.75) is 0 Å². The van der Waals surface area contributed by atoms with Gasteiger partial charge in [-0.25, -0.2) is 4.98 Å². The fraction of sp³-hybridized carbons (Fsp3) is 0.129. The highest BCUT2D eigenvalue weighted by atomic mass is 16.5. The summed E-state index contributed by atoms with van der Waals surface area (Å²) in [5, 5.41) is 5.73. The number of rotatable bonds is 9. The van der Waals surface area contributed by atoms with Gasteiger partial charge in [-0.1, -0.05) is 5.73 Å². The van der Waals surface area contributed by atoms with Gasteiger partial charge in [0.25, 0.3) is 11.8 Å². The van der Waals surface area contributed by atoms with E-state index in [0.29, 0.717) is 45.8 Å². The number of benzene rings is 3. The number of hydrogen-bond acceptors (Lipinski definition) is 7. The summed E-state index contributed by atoms with van der Waals surface area (Å²) >= 11 is 0. The molecule has 2 amide bonds. The largest absolute Gasteiger partial charge is 0.493 e. The van der Waals surface area contributed by atoms with Crippen molar-refractivity contribution in [3.05, 3.63) is 101 Å². The summed E-state index contributed by atoms with van der Waals surface area (Å²) in [5.74, 6) is 1.77. The average Bonchev–Trinajstić information content (AvgIpc) is 3.44. The van der Waals surface area contributed by atoms with Crippen LogP contribution in [0.1, 0.15) is 10.4 Å². The molecule has 3 N–H and O–H groups in total. The Morgan fingerprint density at radius 1 is 0.756 bits per heavy atom. The predicted octanol–water partition coefficient (Wildman–Crippen LogP) is 5.19. The van der Waals surface area contributed by atoms with Gasteiger partial charge in [-0.15, -0.1) is 0 Å². The van der Waals surface area contributed by atoms with E-state index in [2.05, 4.69) is 32.1 Å². The number of aromatic nitrogens is 2. The summed E-state index contributed by atoms with van der Waals surface area (Å²) in [7, 11) is 6.04. The second-order valence-electron chi connectivity index (χ2n) is 8.78. The molecule has 4 aromatic rings. The van der Waals surface area contributed by atoms with Gasteiger partial charge in [0.05, 0.1) is 45.0 Å². The molecule has 0 saturated heterocycles. The number of aromatic amines is 1. The van der Waals surface area contributed by atoms with E-state index in [9.17, 15) is 9.59 Å². The first kappa shape index (κ1) is 26.9. The molecule has 10 heteroatoms. The van der Waals surface area contributed by atoms with Crippen LogP contribution in [0.5, 0.6) is 11.5 Å². The highest BCUT2D eigenvalue weighted by Gasteiger charge is 2.16. The molecule has 206 valence electrons. The van der Waals surface area contributed by atoms with Crippen LogP contribution in [0.4, 0.5) is 11.4 Å². The molecule has 0 atom stereocenters. The first-order valence-electron chi connectivity index (χ1n) is 12.4. The van der Waals surface area contributed by atoms with E-state index in [1.54, 1.807) is 42.5 Å². The molecule has 3 aromatic carbocycles. The molecular weight excluding hydrogens is 524 g/mol. The second kappa shape index (κ2) is 11.6. The molecule has 1 aliphatic rings. The molecule has 1 aliphatic carbocycles. The summed E-state index contributed by atoms with van der Waals surface area (Å²) in [6.07, 6.45) is 1.54. The average molecular weight is 551 g/mol. The van der Waals surface area contributed by atoms with Crippen molar-refractivity contribution in [2.75, 3.05) is 39.1 Å². The van der Waals surface area contributed by atoms with Crippen LogP contribution in [-0.2, 0) is 14.3 Å². The molecule has 0 bridgehead atoms. The molecule has 0 fully saturated rings. The lowest BCUT2D eigenvalue weighted by Crippen LogP contribution is -2.14. The van der Waals surface area contributed by atoms with E-state index >= 15 is 0 Å². The Morgan fingerprint density at radius 3 is 2.20 bits per heavy atom. The summed E-state index contributed by atoms with van der Waals surface area (Å²) in [4.78, 5) is 33.5. The smallest absolute Gasteiger partial charge is 0.264 e. The Labute approximate surface area is 235 Å². The van der Waals surface area contributed by atoms with Gasteiger partial charge in [-0.3, -0.25) is 9.59 Å². The SMILES string of the molecule is COC1=C=C=C(C(=O)Nc2ccc3nc(-c4ccc(NC(=O)c5ccc(OC)c(OC)c5)cc4)[nH]c3c2)C=C1OC. The summed E-state index contributed by atoms with van der Waals surface area (Å²) < 4.78 is 20.9. The number of carbonyl (C=O) groups is 2. The molecule has 0 aliphatic heterocycles. The van der Waals surface area contributed by atoms with Gasteiger partial charge < -0.3 is 34.6 Å². The number of hydrogen-bond donors (Lipinski definition) is 3. The van der Waals surface area contributed by atoms with Crippen LogP contribution in [0.2, 0.25) is 0 Å². The van der Waals surface area contributed by atoms with Crippen molar-refractivity contribution in [1.82, 2.24) is 9.97 Å². The van der Waals surface area contributed by atoms with Crippen LogP contribution in [0.3, 0.4) is 0 Å². The van der Waals surface area contributed by atoms with Crippen molar-refractivity contribution in [1.29, 1.82) is 0 Å². The van der Waals surface area contributed by atoms with E-state index in [1.807, 2.05) is 18.2 Å². The molecule has 5 rings (SSSR count). The van der Waals surface area contributed by atoms with E-state index in [0.717, 1.165) is 16.6 Å². The number of methoxy groups -OCH3 is 4. The Bertz CT molecular complexity index is 1790. The number of imidazole rings is 1. The maximum Gasteiger partial charge on any atom is 0.264 e. The lowest BCUT2D eigenvalue weighted by molar-refractivity contribution is -0.112. The lowest BCUT2D eigenvalue weighted by Gasteiger charge is -2.10. The van der Waals surface area contributed by atoms with Crippen LogP contribution in [-0.4, -0.2) is 50.2 Å². The number of ether oxygens (including phenoxy) is 4. The molecular formula is C31H26N4O6. The first-order chi connectivity index (χ1) is 19.9. The number of anilines is 2. The summed E-state index contributed by atoms with van der Waals surface area (Å²) in [6.45, 7) is 0. The van der Waals surface area contributed by atoms with E-state index in [-0.39, 0.29) is 17.4 Å². The van der Waals surface area contributed by atoms with Crippen molar-refractivity contribution in [3.8, 4) is 22.9 Å². The topological polar surface area (TPSA) is 124 Å². The standard InChI is InChI=1S/C31H26N4O6/c1-38-25-13-7-19(15-27(25)40-3)30(36)32-21-9-5-18(6-10-21)29-34-23-12-11-22(17-24(23)35-29)33-31(37)20-8-14-26(39-2)28(16-20)41-4/h5-7,9-13,15-17H,1-4H3,(H,32,36)(H,33,37)(H,34,35). The van der Waals surface area contributed by atoms with Crippen molar-refractivity contribution >= 4 is 34.2 Å². The van der Waals surface area contributed by atoms with Crippen LogP contribution < -0.4 is 20.1 Å². The molecule has 0 spiro atoms. The number of H-pyrrole nitrogens is 1. The van der Waals surface area contributed by atoms with Gasteiger partial charge >= 0.3 is 0 Å². The van der Waals surface area contributed by atoms with Crippen LogP contribution in [0.15, 0.2) is 95.3 Å². The maximum absolute atomic E-state index is 12.8. The molecule has 1 aromatic heterocycles. The number of nitrogens with zero attached hydrogens (tertiary/aromatic N) is 1. The molecule has 41 heavy (non-hydrogen) atoms. The normalized spacial score (nSPS) is 12.1. The number of fused-ring (bicyclic) bond motifs is 1. The number of carbonyl (C=O) groups excluding carboxylic acids is 2. The van der Waals surface area contributed by atoms with Gasteiger partial charge in [-0.2, -0.15) is 0 Å². The minimum atomic E-state index is -0.369. The minimum absolute atomic E-state index is 0.256. The predicted molar refractivity (Wildman–Crippen MR) is 154 cm³/mol. The van der Waals surface area contributed by atoms with E-state index in [1.165, 1.54) is 34.5 Å². The third kappa shape index (κ3) is 5.69. The summed E-state index contributed by atoms with van der Waals surface area (Å²) in [6, 6.07) is 17.7. The Morgan fingerprint density at radius 2 is 1.49 bits per heavy atom. The monoisotopic (exact) mass is 550 g/mol. The fourth-order valence-electron chi connectivity index (χ4n) is 4.16. The van der Waals surface area contributed by atoms with E-state index < -0.39 is 0 Å². The van der Waals surface area contributed by atoms with Crippen molar-refractivity contribution in [2.24, 2.45) is 0 Å². The third-order valence-corrected chi connectivity index (χ3v) is 6.28. The van der Waals surface area contributed by atoms with Gasteiger partial charge in [0, 0.05) is 28.6 Å². The third-order valence-electron chi connectivity index (χ3n) is 6.28. The lowest BCUT2D eigenvalue weighted by atomic mass is 10.1. The van der Waals surface area contributed by atoms with Crippen LogP contribution >= 0.6 is 0 Å². The Balaban J connectivity index is 1.29. The molecule has 1 heterocycles. The minimum Gasteiger partial charge on any atom is -0.493 e. The highest BCUT2D eigenvalue weighted by molar-refractivity contribution is 6.06. The quantitative estimate of drug-likeness (QED) is 0.245. The maximum atomic E-state index is 12.8. The fourth-order valence-corrected chi connectivity index (χ4v) is 4.16. The highest BCUT2D eigenvalue weighted by Crippen LogP contribution is 2.29. The van der Waals surface area contributed by atoms with Gasteiger partial charge in [-0.05, 0) is 66.4 Å². The van der Waals surface area contributed by atoms with Gasteiger partial charge in [0.2, 0.25) is 5.76 Å².